The first-order valence-electron chi connectivity index (χ1n) is 9.35. The lowest BCUT2D eigenvalue weighted by Gasteiger charge is -2.32. The molecule has 4 rings (SSSR count). The number of nitrogens with one attached hydrogen (secondary N) is 1. The molecular weight excluding hydrogens is 366 g/mol. The molecule has 6 nitrogen and oxygen atoms in total. The number of H-pyrrole nitrogens is 1. The summed E-state index contributed by atoms with van der Waals surface area (Å²) in [5.74, 6) is 0.618. The van der Waals surface area contributed by atoms with E-state index in [1.807, 2.05) is 31.2 Å². The number of aromatic nitrogens is 3. The lowest BCUT2D eigenvalue weighted by atomic mass is 10.1. The predicted molar refractivity (Wildman–Crippen MR) is 101 cm³/mol. The molecule has 3 aromatic rings. The minimum absolute atomic E-state index is 0.0194. The van der Waals surface area contributed by atoms with Gasteiger partial charge in [-0.3, -0.25) is 9.89 Å². The third kappa shape index (κ3) is 3.72. The van der Waals surface area contributed by atoms with Gasteiger partial charge in [0.25, 0.3) is 12.3 Å². The Balaban J connectivity index is 1.41. The Labute approximate surface area is 161 Å². The highest BCUT2D eigenvalue weighted by molar-refractivity contribution is 5.92. The molecule has 0 saturated carbocycles. The molecule has 0 atom stereocenters. The van der Waals surface area contributed by atoms with E-state index in [4.69, 9.17) is 4.74 Å². The molecule has 8 heteroatoms. The molecule has 0 aliphatic carbocycles. The Hall–Kier alpha value is -2.90. The first-order chi connectivity index (χ1) is 13.5. The van der Waals surface area contributed by atoms with E-state index >= 15 is 0 Å². The molecule has 1 fully saturated rings. The summed E-state index contributed by atoms with van der Waals surface area (Å²) >= 11 is 0. The van der Waals surface area contributed by atoms with Crippen LogP contribution in [0.1, 0.15) is 29.0 Å². The number of likely N-dealkylation sites (tertiary alicyclic amines) is 1. The maximum Gasteiger partial charge on any atom is 0.274 e. The van der Waals surface area contributed by atoms with Crippen LogP contribution in [0, 0.1) is 6.92 Å². The lowest BCUT2D eigenvalue weighted by molar-refractivity contribution is 0.0592. The van der Waals surface area contributed by atoms with Gasteiger partial charge in [-0.25, -0.2) is 8.78 Å². The number of hydrogen-bond donors (Lipinski definition) is 1. The van der Waals surface area contributed by atoms with Crippen LogP contribution in [0.15, 0.2) is 36.5 Å². The summed E-state index contributed by atoms with van der Waals surface area (Å²) in [4.78, 5) is 14.3. The largest absolute Gasteiger partial charge is 0.490 e. The maximum absolute atomic E-state index is 12.7. The van der Waals surface area contributed by atoms with Crippen molar-refractivity contribution in [1.29, 1.82) is 0 Å². The van der Waals surface area contributed by atoms with Gasteiger partial charge in [0.15, 0.2) is 0 Å². The van der Waals surface area contributed by atoms with E-state index in [1.54, 1.807) is 21.7 Å². The summed E-state index contributed by atoms with van der Waals surface area (Å²) in [6.45, 7) is 2.72. The monoisotopic (exact) mass is 388 g/mol. The van der Waals surface area contributed by atoms with Crippen molar-refractivity contribution in [1.82, 2.24) is 19.7 Å². The molecule has 148 valence electrons. The summed E-state index contributed by atoms with van der Waals surface area (Å²) in [5.41, 5.74) is 2.02. The van der Waals surface area contributed by atoms with E-state index < -0.39 is 6.43 Å². The first-order valence-corrected chi connectivity index (χ1v) is 9.35. The molecule has 3 heterocycles. The number of carbonyl (C=O) groups excluding carboxylic acids is 1. The number of halogens is 2. The average Bonchev–Trinajstić information content (AvgIpc) is 3.29. The quantitative estimate of drug-likeness (QED) is 0.726. The number of amides is 1. The molecule has 0 spiro atoms. The highest BCUT2D eigenvalue weighted by atomic mass is 19.3. The molecule has 1 aliphatic rings. The predicted octanol–water partition coefficient (Wildman–Crippen LogP) is 3.62. The van der Waals surface area contributed by atoms with Crippen molar-refractivity contribution in [3.63, 3.8) is 0 Å². The van der Waals surface area contributed by atoms with E-state index in [1.165, 1.54) is 0 Å². The van der Waals surface area contributed by atoms with Gasteiger partial charge in [-0.15, -0.1) is 0 Å². The zero-order valence-electron chi connectivity index (χ0n) is 15.6. The maximum atomic E-state index is 12.7. The number of fused-ring (bicyclic) bond motifs is 1. The number of hydrogen-bond acceptors (Lipinski definition) is 3. The number of rotatable bonds is 5. The molecule has 1 aliphatic heterocycles. The van der Waals surface area contributed by atoms with Gasteiger partial charge in [0.1, 0.15) is 17.5 Å². The molecule has 1 saturated heterocycles. The molecule has 28 heavy (non-hydrogen) atoms. The SMILES string of the molecule is Cc1cc(C(=O)N2CCC(Oc3cccc4c3ccn4CC(F)F)CC2)n[nH]1. The summed E-state index contributed by atoms with van der Waals surface area (Å²) < 4.78 is 33.2. The van der Waals surface area contributed by atoms with Crippen molar-refractivity contribution >= 4 is 16.8 Å². The zero-order chi connectivity index (χ0) is 19.7. The van der Waals surface area contributed by atoms with Gasteiger partial charge in [0, 0.05) is 43.2 Å². The van der Waals surface area contributed by atoms with Crippen molar-refractivity contribution in [2.45, 2.75) is 38.8 Å². The highest BCUT2D eigenvalue weighted by Crippen LogP contribution is 2.29. The van der Waals surface area contributed by atoms with Crippen LogP contribution in [0.25, 0.3) is 10.9 Å². The molecule has 0 bridgehead atoms. The van der Waals surface area contributed by atoms with Gasteiger partial charge in [-0.1, -0.05) is 6.07 Å². The second-order valence-electron chi connectivity index (χ2n) is 7.09. The molecular formula is C20H22F2N4O2. The normalized spacial score (nSPS) is 15.5. The smallest absolute Gasteiger partial charge is 0.274 e. The van der Waals surface area contributed by atoms with E-state index in [9.17, 15) is 13.6 Å². The van der Waals surface area contributed by atoms with Crippen molar-refractivity contribution in [3.05, 3.63) is 47.9 Å². The first kappa shape index (κ1) is 18.5. The Morgan fingerprint density at radius 2 is 2.11 bits per heavy atom. The fourth-order valence-electron chi connectivity index (χ4n) is 3.65. The zero-order valence-corrected chi connectivity index (χ0v) is 15.6. The number of carbonyl (C=O) groups is 1. The molecule has 0 unspecified atom stereocenters. The topological polar surface area (TPSA) is 63.1 Å². The minimum Gasteiger partial charge on any atom is -0.490 e. The van der Waals surface area contributed by atoms with Crippen LogP contribution in [0.2, 0.25) is 0 Å². The van der Waals surface area contributed by atoms with Crippen LogP contribution in [-0.2, 0) is 6.54 Å². The van der Waals surface area contributed by atoms with Crippen LogP contribution >= 0.6 is 0 Å². The second-order valence-corrected chi connectivity index (χ2v) is 7.09. The summed E-state index contributed by atoms with van der Waals surface area (Å²) in [6.07, 6.45) is 0.665. The molecule has 0 radical (unpaired) electrons. The third-order valence-electron chi connectivity index (χ3n) is 5.06. The summed E-state index contributed by atoms with van der Waals surface area (Å²) in [5, 5.41) is 7.65. The summed E-state index contributed by atoms with van der Waals surface area (Å²) in [7, 11) is 0. The van der Waals surface area contributed by atoms with Crippen molar-refractivity contribution < 1.29 is 18.3 Å². The molecule has 1 N–H and O–H groups in total. The Bertz CT molecular complexity index is 974. The van der Waals surface area contributed by atoms with Crippen molar-refractivity contribution in [3.8, 4) is 5.75 Å². The highest BCUT2D eigenvalue weighted by Gasteiger charge is 2.26. The number of alkyl halides is 2. The van der Waals surface area contributed by atoms with Gasteiger partial charge >= 0.3 is 0 Å². The van der Waals surface area contributed by atoms with Crippen molar-refractivity contribution in [2.24, 2.45) is 0 Å². The van der Waals surface area contributed by atoms with Gasteiger partial charge in [-0.2, -0.15) is 5.10 Å². The van der Waals surface area contributed by atoms with Gasteiger partial charge in [0.05, 0.1) is 12.1 Å². The Morgan fingerprint density at radius 3 is 2.79 bits per heavy atom. The second kappa shape index (κ2) is 7.61. The fourth-order valence-corrected chi connectivity index (χ4v) is 3.65. The number of nitrogens with zero attached hydrogens (tertiary/aromatic N) is 3. The Morgan fingerprint density at radius 1 is 1.32 bits per heavy atom. The number of aryl methyl sites for hydroxylation is 1. The van der Waals surface area contributed by atoms with Crippen LogP contribution < -0.4 is 4.74 Å². The van der Waals surface area contributed by atoms with Crippen molar-refractivity contribution in [2.75, 3.05) is 13.1 Å². The van der Waals surface area contributed by atoms with E-state index in [0.717, 1.165) is 16.6 Å². The van der Waals surface area contributed by atoms with Gasteiger partial charge in [0.2, 0.25) is 0 Å². The minimum atomic E-state index is -2.40. The van der Waals surface area contributed by atoms with Crippen LogP contribution in [0.5, 0.6) is 5.75 Å². The van der Waals surface area contributed by atoms with Crippen LogP contribution in [-0.4, -0.2) is 51.2 Å². The number of benzene rings is 1. The van der Waals surface area contributed by atoms with Crippen LogP contribution in [0.4, 0.5) is 8.78 Å². The molecule has 2 aromatic heterocycles. The van der Waals surface area contributed by atoms with Gasteiger partial charge < -0.3 is 14.2 Å². The van der Waals surface area contributed by atoms with E-state index in [-0.39, 0.29) is 18.6 Å². The number of ether oxygens (including phenoxy) is 1. The van der Waals surface area contributed by atoms with Gasteiger partial charge in [-0.05, 0) is 31.2 Å². The van der Waals surface area contributed by atoms with E-state index in [0.29, 0.717) is 37.4 Å². The Kier molecular flexibility index (Phi) is 5.02. The molecule has 1 aromatic carbocycles. The lowest BCUT2D eigenvalue weighted by Crippen LogP contribution is -2.41. The standard InChI is InChI=1S/C20H22F2N4O2/c1-13-11-16(24-23-13)20(27)25-8-5-14(6-9-25)28-18-4-2-3-17-15(18)7-10-26(17)12-19(21)22/h2-4,7,10-11,14,19H,5-6,8-9,12H2,1H3,(H,23,24). The van der Waals surface area contributed by atoms with E-state index in [2.05, 4.69) is 10.2 Å². The number of aromatic amines is 1. The fraction of sp³-hybridized carbons (Fsp3) is 0.400. The average molecular weight is 388 g/mol. The molecule has 1 amide bonds. The third-order valence-corrected chi connectivity index (χ3v) is 5.06. The summed E-state index contributed by atoms with van der Waals surface area (Å²) in [6, 6.07) is 9.05. The number of piperidine rings is 1. The van der Waals surface area contributed by atoms with Crippen LogP contribution in [0.3, 0.4) is 0 Å².